The van der Waals surface area contributed by atoms with Crippen LogP contribution >= 0.6 is 11.3 Å². The highest BCUT2D eigenvalue weighted by Crippen LogP contribution is 2.30. The highest BCUT2D eigenvalue weighted by molar-refractivity contribution is 7.11. The van der Waals surface area contributed by atoms with Gasteiger partial charge in [-0.15, -0.1) is 11.3 Å². The molecule has 0 amide bonds. The predicted octanol–water partition coefficient (Wildman–Crippen LogP) is 2.74. The van der Waals surface area contributed by atoms with Gasteiger partial charge in [0.2, 0.25) is 0 Å². The van der Waals surface area contributed by atoms with Crippen LogP contribution in [0.4, 0.5) is 0 Å². The van der Waals surface area contributed by atoms with Gasteiger partial charge < -0.3 is 10.1 Å². The summed E-state index contributed by atoms with van der Waals surface area (Å²) in [5.74, 6) is 0. The number of ether oxygens (including phenoxy) is 1. The number of rotatable bonds is 6. The van der Waals surface area contributed by atoms with Crippen LogP contribution in [0.1, 0.15) is 55.3 Å². The lowest BCUT2D eigenvalue weighted by atomic mass is 10.2. The van der Waals surface area contributed by atoms with Crippen LogP contribution < -0.4 is 5.32 Å². The van der Waals surface area contributed by atoms with Crippen molar-refractivity contribution in [1.82, 2.24) is 15.2 Å². The van der Waals surface area contributed by atoms with Gasteiger partial charge in [-0.25, -0.2) is 4.98 Å². The van der Waals surface area contributed by atoms with Crippen LogP contribution in [0.5, 0.6) is 0 Å². The molecule has 1 aliphatic heterocycles. The standard InChI is InChI=1S/C16H27N3OS/c1-4-13-15(9-17-12-5-6-12)21-16(18-13)14-10-19(11(2)3)7-8-20-14/h11-12,14,17H,4-10H2,1-3H3. The van der Waals surface area contributed by atoms with Gasteiger partial charge >= 0.3 is 0 Å². The summed E-state index contributed by atoms with van der Waals surface area (Å²) in [6.45, 7) is 10.5. The van der Waals surface area contributed by atoms with Gasteiger partial charge in [0.15, 0.2) is 0 Å². The summed E-state index contributed by atoms with van der Waals surface area (Å²) in [5, 5.41) is 4.78. The van der Waals surface area contributed by atoms with Gasteiger partial charge in [0.25, 0.3) is 0 Å². The summed E-state index contributed by atoms with van der Waals surface area (Å²) in [5.41, 5.74) is 1.26. The minimum absolute atomic E-state index is 0.158. The Bertz CT molecular complexity index is 470. The normalized spacial score (nSPS) is 23.9. The molecule has 2 aliphatic rings. The van der Waals surface area contributed by atoms with Crippen LogP contribution in [-0.2, 0) is 17.7 Å². The number of thiazole rings is 1. The van der Waals surface area contributed by atoms with Crippen molar-refractivity contribution in [2.45, 2.75) is 64.8 Å². The molecule has 0 spiro atoms. The Morgan fingerprint density at radius 3 is 2.90 bits per heavy atom. The fraction of sp³-hybridized carbons (Fsp3) is 0.812. The van der Waals surface area contributed by atoms with Crippen LogP contribution in [-0.4, -0.2) is 41.7 Å². The number of morpholine rings is 1. The van der Waals surface area contributed by atoms with Gasteiger partial charge in [-0.05, 0) is 33.1 Å². The molecule has 5 heteroatoms. The largest absolute Gasteiger partial charge is 0.368 e. The Morgan fingerprint density at radius 2 is 2.24 bits per heavy atom. The Kier molecular flexibility index (Phi) is 4.94. The average Bonchev–Trinajstić information content (AvgIpc) is 3.23. The molecular weight excluding hydrogens is 282 g/mol. The third-order valence-corrected chi connectivity index (χ3v) is 5.55. The van der Waals surface area contributed by atoms with E-state index in [2.05, 4.69) is 31.0 Å². The van der Waals surface area contributed by atoms with Crippen LogP contribution in [0.3, 0.4) is 0 Å². The van der Waals surface area contributed by atoms with Crippen molar-refractivity contribution in [3.63, 3.8) is 0 Å². The Balaban J connectivity index is 1.68. The number of hydrogen-bond acceptors (Lipinski definition) is 5. The zero-order valence-corrected chi connectivity index (χ0v) is 14.2. The second-order valence-corrected chi connectivity index (χ2v) is 7.49. The molecule has 1 atom stereocenters. The molecule has 0 aromatic carbocycles. The molecule has 1 saturated carbocycles. The highest BCUT2D eigenvalue weighted by atomic mass is 32.1. The zero-order chi connectivity index (χ0) is 14.8. The van der Waals surface area contributed by atoms with Gasteiger partial charge in [-0.2, -0.15) is 0 Å². The van der Waals surface area contributed by atoms with Gasteiger partial charge in [-0.1, -0.05) is 6.92 Å². The van der Waals surface area contributed by atoms with E-state index in [1.807, 2.05) is 11.3 Å². The van der Waals surface area contributed by atoms with Crippen molar-refractivity contribution < 1.29 is 4.74 Å². The fourth-order valence-electron chi connectivity index (χ4n) is 2.77. The van der Waals surface area contributed by atoms with E-state index in [1.165, 1.54) is 28.4 Å². The van der Waals surface area contributed by atoms with Gasteiger partial charge in [0.1, 0.15) is 11.1 Å². The van der Waals surface area contributed by atoms with Crippen LogP contribution in [0.15, 0.2) is 0 Å². The Labute approximate surface area is 131 Å². The topological polar surface area (TPSA) is 37.4 Å². The van der Waals surface area contributed by atoms with Crippen LogP contribution in [0, 0.1) is 0 Å². The number of nitrogens with one attached hydrogen (secondary N) is 1. The van der Waals surface area contributed by atoms with Crippen molar-refractivity contribution in [2.75, 3.05) is 19.7 Å². The lowest BCUT2D eigenvalue weighted by Crippen LogP contribution is -2.42. The molecule has 1 aliphatic carbocycles. The van der Waals surface area contributed by atoms with Crippen molar-refractivity contribution in [1.29, 1.82) is 0 Å². The molecule has 0 bridgehead atoms. The third-order valence-electron chi connectivity index (χ3n) is 4.36. The van der Waals surface area contributed by atoms with E-state index in [0.717, 1.165) is 38.7 Å². The van der Waals surface area contributed by atoms with Crippen LogP contribution in [0.2, 0.25) is 0 Å². The predicted molar refractivity (Wildman–Crippen MR) is 86.8 cm³/mol. The summed E-state index contributed by atoms with van der Waals surface area (Å²) in [7, 11) is 0. The second-order valence-electron chi connectivity index (χ2n) is 6.38. The Morgan fingerprint density at radius 1 is 1.43 bits per heavy atom. The zero-order valence-electron chi connectivity index (χ0n) is 13.4. The van der Waals surface area contributed by atoms with Gasteiger partial charge in [0, 0.05) is 36.6 Å². The smallest absolute Gasteiger partial charge is 0.123 e. The molecule has 2 heterocycles. The molecule has 3 rings (SSSR count). The lowest BCUT2D eigenvalue weighted by Gasteiger charge is -2.34. The fourth-order valence-corrected chi connectivity index (χ4v) is 3.91. The molecule has 1 aromatic rings. The molecule has 1 unspecified atom stereocenters. The quantitative estimate of drug-likeness (QED) is 0.877. The maximum absolute atomic E-state index is 5.98. The first-order valence-corrected chi connectivity index (χ1v) is 9.06. The summed E-state index contributed by atoms with van der Waals surface area (Å²) in [6.07, 6.45) is 3.84. The van der Waals surface area contributed by atoms with E-state index in [4.69, 9.17) is 9.72 Å². The SMILES string of the molecule is CCc1nc(C2CN(C(C)C)CCO2)sc1CNC1CC1. The first kappa shape index (κ1) is 15.4. The summed E-state index contributed by atoms with van der Waals surface area (Å²) < 4.78 is 5.98. The summed E-state index contributed by atoms with van der Waals surface area (Å²) >= 11 is 1.85. The minimum atomic E-state index is 0.158. The van der Waals surface area contributed by atoms with Crippen molar-refractivity contribution in [2.24, 2.45) is 0 Å². The molecule has 4 nitrogen and oxygen atoms in total. The van der Waals surface area contributed by atoms with E-state index in [1.54, 1.807) is 0 Å². The van der Waals surface area contributed by atoms with Gasteiger partial charge in [0.05, 0.1) is 12.3 Å². The number of nitrogens with zero attached hydrogens (tertiary/aromatic N) is 2. The Hall–Kier alpha value is -0.490. The first-order valence-electron chi connectivity index (χ1n) is 8.25. The monoisotopic (exact) mass is 309 g/mol. The van der Waals surface area contributed by atoms with E-state index in [-0.39, 0.29) is 6.10 Å². The minimum Gasteiger partial charge on any atom is -0.368 e. The molecular formula is C16H27N3OS. The van der Waals surface area contributed by atoms with E-state index < -0.39 is 0 Å². The van der Waals surface area contributed by atoms with Crippen molar-refractivity contribution >= 4 is 11.3 Å². The van der Waals surface area contributed by atoms with Gasteiger partial charge in [-0.3, -0.25) is 4.90 Å². The first-order chi connectivity index (χ1) is 10.2. The maximum atomic E-state index is 5.98. The van der Waals surface area contributed by atoms with E-state index in [9.17, 15) is 0 Å². The van der Waals surface area contributed by atoms with Crippen molar-refractivity contribution in [3.8, 4) is 0 Å². The molecule has 118 valence electrons. The van der Waals surface area contributed by atoms with Crippen LogP contribution in [0.25, 0.3) is 0 Å². The summed E-state index contributed by atoms with van der Waals surface area (Å²) in [6, 6.07) is 1.33. The number of aromatic nitrogens is 1. The number of hydrogen-bond donors (Lipinski definition) is 1. The highest BCUT2D eigenvalue weighted by Gasteiger charge is 2.27. The maximum Gasteiger partial charge on any atom is 0.123 e. The average molecular weight is 309 g/mol. The molecule has 21 heavy (non-hydrogen) atoms. The van der Waals surface area contributed by atoms with Crippen molar-refractivity contribution in [3.05, 3.63) is 15.6 Å². The lowest BCUT2D eigenvalue weighted by molar-refractivity contribution is -0.0403. The molecule has 2 fully saturated rings. The van der Waals surface area contributed by atoms with E-state index >= 15 is 0 Å². The molecule has 0 radical (unpaired) electrons. The van der Waals surface area contributed by atoms with E-state index in [0.29, 0.717) is 6.04 Å². The molecule has 1 aromatic heterocycles. The third kappa shape index (κ3) is 3.83. The number of aryl methyl sites for hydroxylation is 1. The molecule has 1 saturated heterocycles. The molecule has 1 N–H and O–H groups in total. The summed E-state index contributed by atoms with van der Waals surface area (Å²) in [4.78, 5) is 8.77. The second kappa shape index (κ2) is 6.73.